The highest BCUT2D eigenvalue weighted by Gasteiger charge is 2.39. The zero-order chi connectivity index (χ0) is 14.1. The van der Waals surface area contributed by atoms with E-state index < -0.39 is 18.6 Å². The maximum absolute atomic E-state index is 12.3. The van der Waals surface area contributed by atoms with Crippen LogP contribution in [0.4, 0.5) is 13.2 Å². The van der Waals surface area contributed by atoms with Gasteiger partial charge in [-0.2, -0.15) is 13.2 Å². The Morgan fingerprint density at radius 1 is 1.28 bits per heavy atom. The summed E-state index contributed by atoms with van der Waals surface area (Å²) in [6.45, 7) is 2.73. The SMILES string of the molecule is CC1CC(C)C(C(=O)N(C)CC(F)(F)F)CC1N. The summed E-state index contributed by atoms with van der Waals surface area (Å²) in [5, 5.41) is 0. The molecular weight excluding hydrogens is 245 g/mol. The molecule has 1 fully saturated rings. The van der Waals surface area contributed by atoms with Crippen LogP contribution < -0.4 is 5.73 Å². The molecule has 1 rings (SSSR count). The van der Waals surface area contributed by atoms with Gasteiger partial charge in [-0.25, -0.2) is 0 Å². The Morgan fingerprint density at radius 2 is 1.83 bits per heavy atom. The van der Waals surface area contributed by atoms with Crippen molar-refractivity contribution in [2.75, 3.05) is 13.6 Å². The fourth-order valence-corrected chi connectivity index (χ4v) is 2.66. The minimum atomic E-state index is -4.35. The zero-order valence-corrected chi connectivity index (χ0v) is 11.0. The maximum atomic E-state index is 12.3. The molecule has 1 aliphatic carbocycles. The van der Waals surface area contributed by atoms with Crippen LogP contribution in [0.15, 0.2) is 0 Å². The van der Waals surface area contributed by atoms with Crippen molar-refractivity contribution in [3.63, 3.8) is 0 Å². The first kappa shape index (κ1) is 15.3. The Kier molecular flexibility index (Phi) is 4.64. The predicted molar refractivity (Wildman–Crippen MR) is 62.7 cm³/mol. The topological polar surface area (TPSA) is 46.3 Å². The fourth-order valence-electron chi connectivity index (χ4n) is 2.66. The number of carbonyl (C=O) groups excluding carboxylic acids is 1. The minimum Gasteiger partial charge on any atom is -0.336 e. The number of alkyl halides is 3. The first-order valence-corrected chi connectivity index (χ1v) is 6.19. The van der Waals surface area contributed by atoms with E-state index in [1.165, 1.54) is 7.05 Å². The van der Waals surface area contributed by atoms with E-state index in [9.17, 15) is 18.0 Å². The second-order valence-electron chi connectivity index (χ2n) is 5.51. The van der Waals surface area contributed by atoms with Gasteiger partial charge in [0.1, 0.15) is 6.54 Å². The van der Waals surface area contributed by atoms with Crippen LogP contribution in [0, 0.1) is 17.8 Å². The third kappa shape index (κ3) is 3.86. The molecule has 2 N–H and O–H groups in total. The van der Waals surface area contributed by atoms with E-state index in [1.807, 2.05) is 13.8 Å². The Morgan fingerprint density at radius 3 is 2.33 bits per heavy atom. The van der Waals surface area contributed by atoms with E-state index >= 15 is 0 Å². The molecular formula is C12H21F3N2O. The summed E-state index contributed by atoms with van der Waals surface area (Å²) in [6.07, 6.45) is -3.08. The van der Waals surface area contributed by atoms with Gasteiger partial charge in [0.2, 0.25) is 5.91 Å². The number of nitrogens with two attached hydrogens (primary N) is 1. The van der Waals surface area contributed by atoms with Crippen molar-refractivity contribution in [2.45, 2.75) is 38.9 Å². The molecule has 6 heteroatoms. The van der Waals surface area contributed by atoms with Gasteiger partial charge in [0.15, 0.2) is 0 Å². The van der Waals surface area contributed by atoms with Crippen LogP contribution in [0.25, 0.3) is 0 Å². The largest absolute Gasteiger partial charge is 0.406 e. The lowest BCUT2D eigenvalue weighted by molar-refractivity contribution is -0.163. The van der Waals surface area contributed by atoms with Crippen LogP contribution >= 0.6 is 0 Å². The zero-order valence-electron chi connectivity index (χ0n) is 11.0. The van der Waals surface area contributed by atoms with Crippen molar-refractivity contribution in [1.82, 2.24) is 4.90 Å². The van der Waals surface area contributed by atoms with E-state index in [4.69, 9.17) is 5.73 Å². The summed E-state index contributed by atoms with van der Waals surface area (Å²) in [5.41, 5.74) is 5.90. The predicted octanol–water partition coefficient (Wildman–Crippen LogP) is 2.02. The molecule has 18 heavy (non-hydrogen) atoms. The lowest BCUT2D eigenvalue weighted by Crippen LogP contribution is -2.47. The molecule has 0 bridgehead atoms. The molecule has 1 aliphatic rings. The van der Waals surface area contributed by atoms with Gasteiger partial charge in [-0.1, -0.05) is 13.8 Å². The van der Waals surface area contributed by atoms with Gasteiger partial charge in [-0.3, -0.25) is 4.79 Å². The summed E-state index contributed by atoms with van der Waals surface area (Å²) in [5.74, 6) is -0.425. The van der Waals surface area contributed by atoms with Gasteiger partial charge in [-0.15, -0.1) is 0 Å². The Bertz CT molecular complexity index is 306. The maximum Gasteiger partial charge on any atom is 0.406 e. The molecule has 0 radical (unpaired) electrons. The number of hydrogen-bond donors (Lipinski definition) is 1. The molecule has 0 aromatic rings. The number of rotatable bonds is 2. The fraction of sp³-hybridized carbons (Fsp3) is 0.917. The van der Waals surface area contributed by atoms with Gasteiger partial charge in [0.05, 0.1) is 0 Å². The lowest BCUT2D eigenvalue weighted by atomic mass is 9.72. The molecule has 3 nitrogen and oxygen atoms in total. The molecule has 0 aromatic heterocycles. The third-order valence-corrected chi connectivity index (χ3v) is 3.80. The summed E-state index contributed by atoms with van der Waals surface area (Å²) in [7, 11) is 1.20. The number of nitrogens with zero attached hydrogens (tertiary/aromatic N) is 1. The van der Waals surface area contributed by atoms with Gasteiger partial charge in [-0.05, 0) is 24.7 Å². The molecule has 0 aromatic carbocycles. The van der Waals surface area contributed by atoms with Crippen LogP contribution in [0.2, 0.25) is 0 Å². The smallest absolute Gasteiger partial charge is 0.336 e. The van der Waals surface area contributed by atoms with Crippen molar-refractivity contribution < 1.29 is 18.0 Å². The third-order valence-electron chi connectivity index (χ3n) is 3.80. The quantitative estimate of drug-likeness (QED) is 0.831. The van der Waals surface area contributed by atoms with E-state index in [2.05, 4.69) is 0 Å². The molecule has 0 spiro atoms. The molecule has 1 amide bonds. The van der Waals surface area contributed by atoms with E-state index in [0.717, 1.165) is 11.3 Å². The van der Waals surface area contributed by atoms with E-state index in [-0.39, 0.29) is 17.9 Å². The van der Waals surface area contributed by atoms with E-state index in [0.29, 0.717) is 12.3 Å². The molecule has 0 heterocycles. The average molecular weight is 266 g/mol. The molecule has 1 saturated carbocycles. The second-order valence-corrected chi connectivity index (χ2v) is 5.51. The standard InChI is InChI=1S/C12H21F3N2O/c1-7-4-8(2)10(16)5-9(7)11(18)17(3)6-12(13,14)15/h7-10H,4-6,16H2,1-3H3. The summed E-state index contributed by atoms with van der Waals surface area (Å²) < 4.78 is 36.8. The number of hydrogen-bond acceptors (Lipinski definition) is 2. The van der Waals surface area contributed by atoms with Crippen LogP contribution in [0.5, 0.6) is 0 Å². The Labute approximate surface area is 106 Å². The van der Waals surface area contributed by atoms with Crippen molar-refractivity contribution >= 4 is 5.91 Å². The number of amides is 1. The van der Waals surface area contributed by atoms with Crippen molar-refractivity contribution in [1.29, 1.82) is 0 Å². The molecule has 4 atom stereocenters. The van der Waals surface area contributed by atoms with E-state index in [1.54, 1.807) is 0 Å². The monoisotopic (exact) mass is 266 g/mol. The lowest BCUT2D eigenvalue weighted by Gasteiger charge is -2.37. The molecule has 4 unspecified atom stereocenters. The second kappa shape index (κ2) is 5.47. The van der Waals surface area contributed by atoms with Gasteiger partial charge in [0, 0.05) is 19.0 Å². The van der Waals surface area contributed by atoms with Crippen LogP contribution in [-0.2, 0) is 4.79 Å². The van der Waals surface area contributed by atoms with Crippen LogP contribution in [-0.4, -0.2) is 36.6 Å². The Hall–Kier alpha value is -0.780. The molecule has 0 aliphatic heterocycles. The molecule has 106 valence electrons. The van der Waals surface area contributed by atoms with Crippen LogP contribution in [0.1, 0.15) is 26.7 Å². The Balaban J connectivity index is 2.66. The molecule has 0 saturated heterocycles. The highest BCUT2D eigenvalue weighted by atomic mass is 19.4. The minimum absolute atomic E-state index is 0.0861. The first-order valence-electron chi connectivity index (χ1n) is 6.19. The highest BCUT2D eigenvalue weighted by molar-refractivity contribution is 5.79. The average Bonchev–Trinajstić information content (AvgIpc) is 2.20. The van der Waals surface area contributed by atoms with Gasteiger partial charge >= 0.3 is 6.18 Å². The van der Waals surface area contributed by atoms with Crippen molar-refractivity contribution in [3.8, 4) is 0 Å². The van der Waals surface area contributed by atoms with Crippen molar-refractivity contribution in [3.05, 3.63) is 0 Å². The summed E-state index contributed by atoms with van der Waals surface area (Å²) >= 11 is 0. The summed E-state index contributed by atoms with van der Waals surface area (Å²) in [6, 6.07) is -0.102. The van der Waals surface area contributed by atoms with Crippen molar-refractivity contribution in [2.24, 2.45) is 23.5 Å². The van der Waals surface area contributed by atoms with Gasteiger partial charge < -0.3 is 10.6 Å². The number of halogens is 3. The van der Waals surface area contributed by atoms with Crippen LogP contribution in [0.3, 0.4) is 0 Å². The first-order chi connectivity index (χ1) is 8.11. The number of carbonyl (C=O) groups is 1. The summed E-state index contributed by atoms with van der Waals surface area (Å²) in [4.78, 5) is 12.8. The van der Waals surface area contributed by atoms with Gasteiger partial charge in [0.25, 0.3) is 0 Å². The normalized spacial score (nSPS) is 33.3. The highest BCUT2D eigenvalue weighted by Crippen LogP contribution is 2.34.